The topological polar surface area (TPSA) is 105 Å². The van der Waals surface area contributed by atoms with Crippen molar-refractivity contribution >= 4 is 23.3 Å². The molecule has 2 aromatic rings. The first-order valence-corrected chi connectivity index (χ1v) is 9.45. The maximum atomic E-state index is 12.0. The van der Waals surface area contributed by atoms with Gasteiger partial charge in [-0.15, -0.1) is 0 Å². The molecule has 0 spiro atoms. The van der Waals surface area contributed by atoms with Crippen molar-refractivity contribution in [2.24, 2.45) is 0 Å². The molecule has 0 fully saturated rings. The highest BCUT2D eigenvalue weighted by atomic mass is 16.5. The number of carbonyl (C=O) groups is 3. The Morgan fingerprint density at radius 1 is 0.966 bits per heavy atom. The van der Waals surface area contributed by atoms with Gasteiger partial charge in [-0.1, -0.05) is 12.1 Å². The molecule has 154 valence electrons. The smallest absolute Gasteiger partial charge is 0.251 e. The van der Waals surface area contributed by atoms with Crippen LogP contribution in [0.4, 0.5) is 5.69 Å². The van der Waals surface area contributed by atoms with E-state index in [0.717, 1.165) is 5.56 Å². The summed E-state index contributed by atoms with van der Waals surface area (Å²) in [4.78, 5) is 35.2. The number of Topliss-reactive ketones (excluding diaryl/α,β-unsaturated/α-hetero) is 1. The lowest BCUT2D eigenvalue weighted by Crippen LogP contribution is -2.24. The van der Waals surface area contributed by atoms with Crippen LogP contribution in [0.2, 0.25) is 0 Å². The van der Waals surface area contributed by atoms with Gasteiger partial charge in [-0.25, -0.2) is 0 Å². The van der Waals surface area contributed by atoms with Gasteiger partial charge in [0, 0.05) is 30.6 Å². The molecule has 0 aliphatic carbocycles. The van der Waals surface area contributed by atoms with Crippen LogP contribution in [0, 0.1) is 0 Å². The van der Waals surface area contributed by atoms with Crippen molar-refractivity contribution in [3.8, 4) is 5.75 Å². The lowest BCUT2D eigenvalue weighted by molar-refractivity contribution is -0.121. The second-order valence-electron chi connectivity index (χ2n) is 6.56. The quantitative estimate of drug-likeness (QED) is 0.504. The number of carbonyl (C=O) groups excluding carboxylic acids is 3. The molecule has 0 radical (unpaired) electrons. The number of unbranched alkanes of at least 4 members (excludes halogenated alkanes) is 1. The molecule has 29 heavy (non-hydrogen) atoms. The first-order chi connectivity index (χ1) is 14.0. The Morgan fingerprint density at radius 2 is 1.66 bits per heavy atom. The second kappa shape index (κ2) is 11.6. The Kier molecular flexibility index (Phi) is 8.85. The standard InChI is InChI=1S/C22H26N2O5/c1-29-20-11-7-17(8-12-20)22(28)23-13-3-2-4-21(27)24-18-9-5-16(6-10-18)14-19(26)15-25/h5-12,25H,2-4,13-15H2,1H3,(H,23,28)(H,24,27). The number of methoxy groups -OCH3 is 1. The van der Waals surface area contributed by atoms with Gasteiger partial charge in [-0.2, -0.15) is 0 Å². The fraction of sp³-hybridized carbons (Fsp3) is 0.318. The average molecular weight is 398 g/mol. The molecule has 0 aliphatic rings. The molecule has 0 unspecified atom stereocenters. The number of rotatable bonds is 11. The molecule has 0 aromatic heterocycles. The van der Waals surface area contributed by atoms with Gasteiger partial charge in [0.05, 0.1) is 7.11 Å². The minimum absolute atomic E-state index is 0.106. The summed E-state index contributed by atoms with van der Waals surface area (Å²) in [5, 5.41) is 14.4. The number of aliphatic hydroxyl groups is 1. The minimum atomic E-state index is -0.473. The summed E-state index contributed by atoms with van der Waals surface area (Å²) in [5.41, 5.74) is 2.00. The fourth-order valence-electron chi connectivity index (χ4n) is 2.67. The zero-order chi connectivity index (χ0) is 21.1. The van der Waals surface area contributed by atoms with Crippen LogP contribution in [0.5, 0.6) is 5.75 Å². The number of nitrogens with one attached hydrogen (secondary N) is 2. The zero-order valence-electron chi connectivity index (χ0n) is 16.4. The highest BCUT2D eigenvalue weighted by Crippen LogP contribution is 2.12. The highest BCUT2D eigenvalue weighted by Gasteiger charge is 2.07. The van der Waals surface area contributed by atoms with Crippen LogP contribution in [0.3, 0.4) is 0 Å². The third kappa shape index (κ3) is 7.75. The summed E-state index contributed by atoms with van der Waals surface area (Å²) >= 11 is 0. The third-order valence-electron chi connectivity index (χ3n) is 4.28. The Balaban J connectivity index is 1.64. The van der Waals surface area contributed by atoms with Crippen molar-refractivity contribution in [3.05, 3.63) is 59.7 Å². The molecule has 2 rings (SSSR count). The van der Waals surface area contributed by atoms with E-state index in [4.69, 9.17) is 9.84 Å². The van der Waals surface area contributed by atoms with E-state index in [1.165, 1.54) is 0 Å². The summed E-state index contributed by atoms with van der Waals surface area (Å²) < 4.78 is 5.06. The van der Waals surface area contributed by atoms with Gasteiger partial charge in [0.1, 0.15) is 12.4 Å². The van der Waals surface area contributed by atoms with Crippen molar-refractivity contribution in [2.45, 2.75) is 25.7 Å². The predicted octanol–water partition coefficient (Wildman–Crippen LogP) is 2.34. The van der Waals surface area contributed by atoms with Gasteiger partial charge < -0.3 is 20.5 Å². The number of benzene rings is 2. The first kappa shape index (κ1) is 22.1. The average Bonchev–Trinajstić information content (AvgIpc) is 2.74. The van der Waals surface area contributed by atoms with Crippen LogP contribution in [-0.2, 0) is 16.0 Å². The lowest BCUT2D eigenvalue weighted by Gasteiger charge is -2.08. The summed E-state index contributed by atoms with van der Waals surface area (Å²) in [6.45, 7) is 0.0186. The van der Waals surface area contributed by atoms with E-state index in [1.54, 1.807) is 55.6 Å². The lowest BCUT2D eigenvalue weighted by atomic mass is 10.1. The number of ether oxygens (including phenoxy) is 1. The van der Waals surface area contributed by atoms with E-state index in [2.05, 4.69) is 10.6 Å². The molecular weight excluding hydrogens is 372 g/mol. The van der Waals surface area contributed by atoms with E-state index in [0.29, 0.717) is 42.8 Å². The van der Waals surface area contributed by atoms with Gasteiger partial charge in [0.15, 0.2) is 5.78 Å². The number of hydrogen-bond acceptors (Lipinski definition) is 5. The SMILES string of the molecule is COc1ccc(C(=O)NCCCCC(=O)Nc2ccc(CC(=O)CO)cc2)cc1. The Bertz CT molecular complexity index is 816. The minimum Gasteiger partial charge on any atom is -0.497 e. The monoisotopic (exact) mass is 398 g/mol. The largest absolute Gasteiger partial charge is 0.497 e. The Labute approximate surface area is 170 Å². The highest BCUT2D eigenvalue weighted by molar-refractivity contribution is 5.94. The summed E-state index contributed by atoms with van der Waals surface area (Å²) in [6, 6.07) is 13.8. The van der Waals surface area contributed by atoms with E-state index in [9.17, 15) is 14.4 Å². The number of aliphatic hydroxyl groups excluding tert-OH is 1. The maximum absolute atomic E-state index is 12.0. The van der Waals surface area contributed by atoms with Gasteiger partial charge in [-0.05, 0) is 54.8 Å². The maximum Gasteiger partial charge on any atom is 0.251 e. The second-order valence-corrected chi connectivity index (χ2v) is 6.56. The van der Waals surface area contributed by atoms with Gasteiger partial charge >= 0.3 is 0 Å². The number of anilines is 1. The van der Waals surface area contributed by atoms with Crippen molar-refractivity contribution in [2.75, 3.05) is 25.6 Å². The van der Waals surface area contributed by atoms with E-state index >= 15 is 0 Å². The molecule has 0 aliphatic heterocycles. The summed E-state index contributed by atoms with van der Waals surface area (Å²) in [5.74, 6) is 0.184. The normalized spacial score (nSPS) is 10.3. The molecule has 0 atom stereocenters. The Hall–Kier alpha value is -3.19. The molecule has 2 amide bonds. The van der Waals surface area contributed by atoms with Gasteiger partial charge in [-0.3, -0.25) is 14.4 Å². The Morgan fingerprint density at radius 3 is 2.28 bits per heavy atom. The summed E-state index contributed by atoms with van der Waals surface area (Å²) in [7, 11) is 1.57. The first-order valence-electron chi connectivity index (χ1n) is 9.45. The van der Waals surface area contributed by atoms with E-state index in [-0.39, 0.29) is 24.0 Å². The van der Waals surface area contributed by atoms with Crippen LogP contribution in [-0.4, -0.2) is 43.0 Å². The van der Waals surface area contributed by atoms with Crippen LogP contribution in [0.15, 0.2) is 48.5 Å². The summed E-state index contributed by atoms with van der Waals surface area (Å²) in [6.07, 6.45) is 1.87. The molecule has 0 heterocycles. The zero-order valence-corrected chi connectivity index (χ0v) is 16.4. The van der Waals surface area contributed by atoms with Crippen molar-refractivity contribution < 1.29 is 24.2 Å². The predicted molar refractivity (Wildman–Crippen MR) is 110 cm³/mol. The number of ketones is 1. The third-order valence-corrected chi connectivity index (χ3v) is 4.28. The van der Waals surface area contributed by atoms with Crippen LogP contribution >= 0.6 is 0 Å². The molecule has 7 heteroatoms. The molecule has 0 bridgehead atoms. The number of amides is 2. The van der Waals surface area contributed by atoms with E-state index < -0.39 is 6.61 Å². The van der Waals surface area contributed by atoms with Crippen molar-refractivity contribution in [3.63, 3.8) is 0 Å². The van der Waals surface area contributed by atoms with Crippen LogP contribution < -0.4 is 15.4 Å². The van der Waals surface area contributed by atoms with Crippen molar-refractivity contribution in [1.29, 1.82) is 0 Å². The number of hydrogen-bond donors (Lipinski definition) is 3. The van der Waals surface area contributed by atoms with Gasteiger partial charge in [0.2, 0.25) is 5.91 Å². The van der Waals surface area contributed by atoms with Crippen molar-refractivity contribution in [1.82, 2.24) is 5.32 Å². The molecule has 2 aromatic carbocycles. The van der Waals surface area contributed by atoms with Gasteiger partial charge in [0.25, 0.3) is 5.91 Å². The molecule has 0 saturated heterocycles. The molecule has 3 N–H and O–H groups in total. The van der Waals surface area contributed by atoms with Crippen LogP contribution in [0.25, 0.3) is 0 Å². The van der Waals surface area contributed by atoms with E-state index in [1.807, 2.05) is 0 Å². The fourth-order valence-corrected chi connectivity index (χ4v) is 2.67. The molecular formula is C22H26N2O5. The molecule has 0 saturated carbocycles. The van der Waals surface area contributed by atoms with Crippen LogP contribution in [0.1, 0.15) is 35.2 Å². The molecule has 7 nitrogen and oxygen atoms in total.